The van der Waals surface area contributed by atoms with Crippen molar-refractivity contribution in [3.63, 3.8) is 0 Å². The molecule has 2 N–H and O–H groups in total. The lowest BCUT2D eigenvalue weighted by atomic mass is 10.1. The molecule has 1 aliphatic rings. The van der Waals surface area contributed by atoms with Crippen molar-refractivity contribution in [2.45, 2.75) is 31.4 Å². The molecule has 1 unspecified atom stereocenters. The van der Waals surface area contributed by atoms with Crippen molar-refractivity contribution in [3.05, 3.63) is 29.3 Å². The number of rotatable bonds is 5. The van der Waals surface area contributed by atoms with Gasteiger partial charge in [0.2, 0.25) is 10.0 Å². The molecule has 0 aliphatic heterocycles. The maximum Gasteiger partial charge on any atom is 0.236 e. The summed E-state index contributed by atoms with van der Waals surface area (Å²) in [5.41, 5.74) is 3.30. The second-order valence-electron chi connectivity index (χ2n) is 4.85. The number of nitrogens with one attached hydrogen (secondary N) is 2. The highest BCUT2D eigenvalue weighted by atomic mass is 32.2. The molecule has 100 valence electrons. The maximum atomic E-state index is 12.0. The topological polar surface area (TPSA) is 58.2 Å². The first kappa shape index (κ1) is 13.4. The highest BCUT2D eigenvalue weighted by Crippen LogP contribution is 2.25. The van der Waals surface area contributed by atoms with Crippen LogP contribution >= 0.6 is 0 Å². The van der Waals surface area contributed by atoms with Crippen LogP contribution in [0.3, 0.4) is 0 Å². The Bertz CT molecular complexity index is 526. The molecule has 1 aromatic rings. The van der Waals surface area contributed by atoms with Gasteiger partial charge in [-0.25, -0.2) is 8.42 Å². The Labute approximate surface area is 109 Å². The van der Waals surface area contributed by atoms with Crippen molar-refractivity contribution in [1.29, 1.82) is 0 Å². The van der Waals surface area contributed by atoms with Gasteiger partial charge in [-0.15, -0.1) is 0 Å². The molecule has 0 fully saturated rings. The number of benzene rings is 1. The van der Waals surface area contributed by atoms with Crippen LogP contribution in [-0.4, -0.2) is 27.3 Å². The number of anilines is 1. The van der Waals surface area contributed by atoms with Gasteiger partial charge in [-0.05, 0) is 56.5 Å². The summed E-state index contributed by atoms with van der Waals surface area (Å²) < 4.78 is 26.7. The Morgan fingerprint density at radius 3 is 2.72 bits per heavy atom. The van der Waals surface area contributed by atoms with Crippen molar-refractivity contribution >= 4 is 15.7 Å². The third kappa shape index (κ3) is 2.84. The highest BCUT2D eigenvalue weighted by molar-refractivity contribution is 7.93. The molecule has 0 aromatic heterocycles. The van der Waals surface area contributed by atoms with Crippen LogP contribution in [-0.2, 0) is 22.9 Å². The summed E-state index contributed by atoms with van der Waals surface area (Å²) in [6.45, 7) is 2.15. The molecular weight excluding hydrogens is 248 g/mol. The summed E-state index contributed by atoms with van der Waals surface area (Å²) in [4.78, 5) is 0. The Kier molecular flexibility index (Phi) is 3.92. The largest absolute Gasteiger partial charge is 0.318 e. The molecule has 0 heterocycles. The van der Waals surface area contributed by atoms with Crippen LogP contribution in [0.2, 0.25) is 0 Å². The molecule has 1 atom stereocenters. The fourth-order valence-corrected chi connectivity index (χ4v) is 3.34. The van der Waals surface area contributed by atoms with Crippen molar-refractivity contribution in [3.8, 4) is 0 Å². The minimum absolute atomic E-state index is 0.445. The first-order chi connectivity index (χ1) is 8.53. The Balaban J connectivity index is 2.14. The zero-order valence-electron chi connectivity index (χ0n) is 10.9. The van der Waals surface area contributed by atoms with Crippen LogP contribution in [0.15, 0.2) is 18.2 Å². The molecule has 0 saturated carbocycles. The Morgan fingerprint density at radius 1 is 1.28 bits per heavy atom. The van der Waals surface area contributed by atoms with Gasteiger partial charge in [0.1, 0.15) is 0 Å². The second kappa shape index (κ2) is 5.28. The Hall–Kier alpha value is -1.07. The van der Waals surface area contributed by atoms with Gasteiger partial charge in [0.25, 0.3) is 0 Å². The lowest BCUT2D eigenvalue weighted by molar-refractivity contribution is 0.584. The van der Waals surface area contributed by atoms with E-state index in [2.05, 4.69) is 10.0 Å². The number of fused-ring (bicyclic) bond motifs is 1. The van der Waals surface area contributed by atoms with E-state index >= 15 is 0 Å². The molecule has 1 aromatic carbocycles. The number of aryl methyl sites for hydroxylation is 2. The predicted molar refractivity (Wildman–Crippen MR) is 74.4 cm³/mol. The first-order valence-electron chi connectivity index (χ1n) is 6.31. The third-order valence-electron chi connectivity index (χ3n) is 3.38. The van der Waals surface area contributed by atoms with E-state index in [1.807, 2.05) is 18.2 Å². The van der Waals surface area contributed by atoms with Crippen molar-refractivity contribution in [1.82, 2.24) is 5.32 Å². The molecular formula is C13H20N2O2S. The smallest absolute Gasteiger partial charge is 0.236 e. The summed E-state index contributed by atoms with van der Waals surface area (Å²) in [5.74, 6) is 0. The van der Waals surface area contributed by atoms with Crippen molar-refractivity contribution < 1.29 is 8.42 Å². The molecule has 4 nitrogen and oxygen atoms in total. The lowest BCUT2D eigenvalue weighted by Crippen LogP contribution is -2.33. The minimum atomic E-state index is -3.31. The van der Waals surface area contributed by atoms with E-state index in [-0.39, 0.29) is 0 Å². The maximum absolute atomic E-state index is 12.0. The summed E-state index contributed by atoms with van der Waals surface area (Å²) >= 11 is 0. The predicted octanol–water partition coefficient (Wildman–Crippen LogP) is 1.52. The third-order valence-corrected chi connectivity index (χ3v) is 5.13. The van der Waals surface area contributed by atoms with Crippen molar-refractivity contribution in [2.24, 2.45) is 0 Å². The van der Waals surface area contributed by atoms with Gasteiger partial charge in [0.05, 0.1) is 5.25 Å². The summed E-state index contributed by atoms with van der Waals surface area (Å²) in [6.07, 6.45) is 3.33. The minimum Gasteiger partial charge on any atom is -0.318 e. The van der Waals surface area contributed by atoms with Crippen LogP contribution < -0.4 is 10.0 Å². The summed E-state index contributed by atoms with van der Waals surface area (Å²) in [6, 6.07) is 5.85. The quantitative estimate of drug-likeness (QED) is 0.851. The molecule has 0 radical (unpaired) electrons. The van der Waals surface area contributed by atoms with Gasteiger partial charge in [0.15, 0.2) is 0 Å². The van der Waals surface area contributed by atoms with Crippen LogP contribution in [0.5, 0.6) is 0 Å². The Morgan fingerprint density at radius 2 is 2.00 bits per heavy atom. The number of sulfonamides is 1. The SMILES string of the molecule is CNCC(C)S(=O)(=O)Nc1ccc2c(c1)CCC2. The van der Waals surface area contributed by atoms with Gasteiger partial charge in [-0.2, -0.15) is 0 Å². The number of hydrogen-bond donors (Lipinski definition) is 2. The summed E-state index contributed by atoms with van der Waals surface area (Å²) in [5, 5.41) is 2.43. The standard InChI is InChI=1S/C13H20N2O2S/c1-10(9-14-2)18(16,17)15-13-7-6-11-4-3-5-12(11)8-13/h6-8,10,14-15H,3-5,9H2,1-2H3. The number of hydrogen-bond acceptors (Lipinski definition) is 3. The van der Waals surface area contributed by atoms with E-state index in [0.29, 0.717) is 12.2 Å². The summed E-state index contributed by atoms with van der Waals surface area (Å²) in [7, 11) is -1.55. The fourth-order valence-electron chi connectivity index (χ4n) is 2.30. The lowest BCUT2D eigenvalue weighted by Gasteiger charge is -2.15. The molecule has 5 heteroatoms. The van der Waals surface area contributed by atoms with Gasteiger partial charge >= 0.3 is 0 Å². The second-order valence-corrected chi connectivity index (χ2v) is 6.95. The van der Waals surface area contributed by atoms with Crippen LogP contribution in [0.4, 0.5) is 5.69 Å². The average Bonchev–Trinajstić information content (AvgIpc) is 2.76. The van der Waals surface area contributed by atoms with E-state index in [1.54, 1.807) is 14.0 Å². The van der Waals surface area contributed by atoms with E-state index < -0.39 is 15.3 Å². The average molecular weight is 268 g/mol. The van der Waals surface area contributed by atoms with E-state index in [9.17, 15) is 8.42 Å². The monoisotopic (exact) mass is 268 g/mol. The highest BCUT2D eigenvalue weighted by Gasteiger charge is 2.20. The molecule has 1 aliphatic carbocycles. The molecule has 0 spiro atoms. The van der Waals surface area contributed by atoms with Crippen LogP contribution in [0.25, 0.3) is 0 Å². The zero-order valence-corrected chi connectivity index (χ0v) is 11.7. The normalized spacial score (nSPS) is 16.3. The first-order valence-corrected chi connectivity index (χ1v) is 7.85. The molecule has 0 saturated heterocycles. The van der Waals surface area contributed by atoms with E-state index in [0.717, 1.165) is 12.8 Å². The molecule has 0 amide bonds. The van der Waals surface area contributed by atoms with E-state index in [4.69, 9.17) is 0 Å². The molecule has 0 bridgehead atoms. The molecule has 18 heavy (non-hydrogen) atoms. The van der Waals surface area contributed by atoms with Gasteiger partial charge in [-0.1, -0.05) is 6.07 Å². The zero-order chi connectivity index (χ0) is 13.2. The van der Waals surface area contributed by atoms with Crippen molar-refractivity contribution in [2.75, 3.05) is 18.3 Å². The van der Waals surface area contributed by atoms with E-state index in [1.165, 1.54) is 17.5 Å². The van der Waals surface area contributed by atoms with Gasteiger partial charge < -0.3 is 5.32 Å². The van der Waals surface area contributed by atoms with Gasteiger partial charge in [-0.3, -0.25) is 4.72 Å². The van der Waals surface area contributed by atoms with Gasteiger partial charge in [0, 0.05) is 12.2 Å². The fraction of sp³-hybridized carbons (Fsp3) is 0.538. The van der Waals surface area contributed by atoms with Crippen LogP contribution in [0, 0.1) is 0 Å². The molecule has 2 rings (SSSR count). The van der Waals surface area contributed by atoms with Crippen LogP contribution in [0.1, 0.15) is 24.5 Å².